The molecule has 1 amide bonds. The molecule has 0 aromatic heterocycles. The first-order valence-corrected chi connectivity index (χ1v) is 6.64. The summed E-state index contributed by atoms with van der Waals surface area (Å²) in [6.45, 7) is 2.08. The number of likely N-dealkylation sites (N-methyl/N-ethyl adjacent to an activating group) is 2. The highest BCUT2D eigenvalue weighted by Gasteiger charge is 2.54. The van der Waals surface area contributed by atoms with Crippen molar-refractivity contribution < 1.29 is 4.79 Å². The van der Waals surface area contributed by atoms with Gasteiger partial charge < -0.3 is 15.5 Å². The van der Waals surface area contributed by atoms with E-state index in [0.717, 1.165) is 38.8 Å². The first-order chi connectivity index (χ1) is 7.97. The number of nitrogens with zero attached hydrogens (tertiary/aromatic N) is 2. The molecule has 1 saturated carbocycles. The largest absolute Gasteiger partial charge is 0.392 e. The second-order valence-electron chi connectivity index (χ2n) is 5.42. The summed E-state index contributed by atoms with van der Waals surface area (Å²) in [7, 11) is 4.00. The molecule has 1 saturated heterocycles. The summed E-state index contributed by atoms with van der Waals surface area (Å²) in [6, 6.07) is 0.313. The van der Waals surface area contributed by atoms with E-state index in [9.17, 15) is 4.79 Å². The van der Waals surface area contributed by atoms with Crippen molar-refractivity contribution in [2.75, 3.05) is 27.2 Å². The molecule has 1 unspecified atom stereocenters. The molecule has 1 atom stereocenters. The van der Waals surface area contributed by atoms with E-state index >= 15 is 0 Å². The molecular formula is C12H21N3OS. The van der Waals surface area contributed by atoms with E-state index in [-0.39, 0.29) is 5.91 Å². The maximum Gasteiger partial charge on any atom is 0.235 e. The third kappa shape index (κ3) is 2.31. The van der Waals surface area contributed by atoms with Crippen molar-refractivity contribution in [2.45, 2.75) is 31.7 Å². The van der Waals surface area contributed by atoms with Crippen LogP contribution in [0, 0.1) is 5.41 Å². The van der Waals surface area contributed by atoms with Crippen molar-refractivity contribution in [1.29, 1.82) is 0 Å². The molecule has 0 spiro atoms. The van der Waals surface area contributed by atoms with Gasteiger partial charge in [0.2, 0.25) is 5.91 Å². The Morgan fingerprint density at radius 2 is 2.18 bits per heavy atom. The minimum absolute atomic E-state index is 0.130. The van der Waals surface area contributed by atoms with Crippen LogP contribution in [0.4, 0.5) is 0 Å². The molecule has 2 fully saturated rings. The summed E-state index contributed by atoms with van der Waals surface area (Å²) in [5, 5.41) is 0. The van der Waals surface area contributed by atoms with Crippen LogP contribution in [0.15, 0.2) is 0 Å². The molecule has 2 rings (SSSR count). The van der Waals surface area contributed by atoms with Gasteiger partial charge in [-0.15, -0.1) is 0 Å². The highest BCUT2D eigenvalue weighted by molar-refractivity contribution is 7.80. The average Bonchev–Trinajstić information content (AvgIpc) is 3.08. The minimum Gasteiger partial charge on any atom is -0.392 e. The Labute approximate surface area is 108 Å². The third-order valence-electron chi connectivity index (χ3n) is 4.10. The maximum atomic E-state index is 12.4. The van der Waals surface area contributed by atoms with Crippen LogP contribution < -0.4 is 5.73 Å². The summed E-state index contributed by atoms with van der Waals surface area (Å²) in [5.74, 6) is 0.130. The number of likely N-dealkylation sites (tertiary alicyclic amines) is 1. The van der Waals surface area contributed by atoms with Gasteiger partial charge in [0, 0.05) is 19.6 Å². The molecule has 2 aliphatic rings. The van der Waals surface area contributed by atoms with Gasteiger partial charge in [-0.2, -0.15) is 0 Å². The number of carbonyl (C=O) groups excluding carboxylic acids is 1. The maximum absolute atomic E-state index is 12.4. The highest BCUT2D eigenvalue weighted by Crippen LogP contribution is 2.47. The van der Waals surface area contributed by atoms with E-state index in [4.69, 9.17) is 18.0 Å². The zero-order valence-electron chi connectivity index (χ0n) is 10.6. The van der Waals surface area contributed by atoms with E-state index < -0.39 is 5.41 Å². The van der Waals surface area contributed by atoms with Crippen LogP contribution in [0.2, 0.25) is 0 Å². The van der Waals surface area contributed by atoms with E-state index in [1.54, 1.807) is 0 Å². The van der Waals surface area contributed by atoms with Gasteiger partial charge in [0.25, 0.3) is 0 Å². The predicted octanol–water partition coefficient (Wildman–Crippen LogP) is 0.605. The van der Waals surface area contributed by atoms with E-state index in [0.29, 0.717) is 11.0 Å². The number of thiocarbonyl (C=S) groups is 1. The molecule has 5 heteroatoms. The standard InChI is InChI=1S/C12H21N3OS/c1-14-7-3-4-9(8-14)15(2)11(16)12(5-6-12)10(13)17/h9H,3-8H2,1-2H3,(H2,13,17). The Kier molecular flexibility index (Phi) is 3.41. The Bertz CT molecular complexity index is 341. The zero-order valence-corrected chi connectivity index (χ0v) is 11.4. The molecule has 0 aromatic rings. The molecule has 1 aliphatic heterocycles. The number of piperidine rings is 1. The molecule has 1 aliphatic carbocycles. The van der Waals surface area contributed by atoms with Crippen LogP contribution in [0.25, 0.3) is 0 Å². The predicted molar refractivity (Wildman–Crippen MR) is 71.7 cm³/mol. The molecular weight excluding hydrogens is 234 g/mol. The van der Waals surface area contributed by atoms with Crippen molar-refractivity contribution in [3.05, 3.63) is 0 Å². The SMILES string of the molecule is CN1CCCC(N(C)C(=O)C2(C(N)=S)CC2)C1. The van der Waals surface area contributed by atoms with E-state index in [2.05, 4.69) is 11.9 Å². The monoisotopic (exact) mass is 255 g/mol. The van der Waals surface area contributed by atoms with Crippen molar-refractivity contribution in [3.63, 3.8) is 0 Å². The molecule has 1 heterocycles. The van der Waals surface area contributed by atoms with Crippen molar-refractivity contribution in [2.24, 2.45) is 11.1 Å². The molecule has 2 N–H and O–H groups in total. The Morgan fingerprint density at radius 1 is 1.53 bits per heavy atom. The van der Waals surface area contributed by atoms with Crippen LogP contribution in [0.5, 0.6) is 0 Å². The Morgan fingerprint density at radius 3 is 2.65 bits per heavy atom. The van der Waals surface area contributed by atoms with Gasteiger partial charge in [0.1, 0.15) is 0 Å². The van der Waals surface area contributed by atoms with Gasteiger partial charge in [0.05, 0.1) is 10.4 Å². The quantitative estimate of drug-likeness (QED) is 0.751. The van der Waals surface area contributed by atoms with E-state index in [1.165, 1.54) is 0 Å². The number of amides is 1. The number of nitrogens with two attached hydrogens (primary N) is 1. The normalized spacial score (nSPS) is 27.5. The number of hydrogen-bond acceptors (Lipinski definition) is 3. The summed E-state index contributed by atoms with van der Waals surface area (Å²) in [6.07, 6.45) is 3.89. The van der Waals surface area contributed by atoms with Gasteiger partial charge in [-0.3, -0.25) is 4.79 Å². The molecule has 0 bridgehead atoms. The lowest BCUT2D eigenvalue weighted by molar-refractivity contribution is -0.136. The number of carbonyl (C=O) groups is 1. The van der Waals surface area contributed by atoms with Gasteiger partial charge in [-0.1, -0.05) is 12.2 Å². The molecule has 17 heavy (non-hydrogen) atoms. The number of hydrogen-bond donors (Lipinski definition) is 1. The fraction of sp³-hybridized carbons (Fsp3) is 0.833. The first kappa shape index (κ1) is 12.8. The zero-order chi connectivity index (χ0) is 12.6. The van der Waals surface area contributed by atoms with Crippen LogP contribution in [-0.2, 0) is 4.79 Å². The Hall–Kier alpha value is -0.680. The average molecular weight is 255 g/mol. The van der Waals surface area contributed by atoms with Gasteiger partial charge in [-0.25, -0.2) is 0 Å². The van der Waals surface area contributed by atoms with Crippen molar-refractivity contribution in [3.8, 4) is 0 Å². The lowest BCUT2D eigenvalue weighted by Crippen LogP contribution is -2.51. The lowest BCUT2D eigenvalue weighted by Gasteiger charge is -2.37. The van der Waals surface area contributed by atoms with Gasteiger partial charge in [-0.05, 0) is 39.3 Å². The third-order valence-corrected chi connectivity index (χ3v) is 4.49. The number of rotatable bonds is 3. The van der Waals surface area contributed by atoms with Crippen LogP contribution >= 0.6 is 12.2 Å². The molecule has 0 radical (unpaired) electrons. The Balaban J connectivity index is 2.02. The second kappa shape index (κ2) is 4.53. The fourth-order valence-corrected chi connectivity index (χ4v) is 2.94. The summed E-state index contributed by atoms with van der Waals surface area (Å²) in [5.41, 5.74) is 5.20. The van der Waals surface area contributed by atoms with E-state index in [1.807, 2.05) is 11.9 Å². The lowest BCUT2D eigenvalue weighted by atomic mass is 10.0. The summed E-state index contributed by atoms with van der Waals surface area (Å²) >= 11 is 5.03. The summed E-state index contributed by atoms with van der Waals surface area (Å²) < 4.78 is 0. The minimum atomic E-state index is -0.500. The van der Waals surface area contributed by atoms with Gasteiger partial charge in [0.15, 0.2) is 0 Å². The first-order valence-electron chi connectivity index (χ1n) is 6.23. The summed E-state index contributed by atoms with van der Waals surface area (Å²) in [4.78, 5) is 16.9. The van der Waals surface area contributed by atoms with Crippen LogP contribution in [0.1, 0.15) is 25.7 Å². The fourth-order valence-electron chi connectivity index (χ4n) is 2.65. The second-order valence-corrected chi connectivity index (χ2v) is 5.86. The van der Waals surface area contributed by atoms with Gasteiger partial charge >= 0.3 is 0 Å². The smallest absolute Gasteiger partial charge is 0.235 e. The van der Waals surface area contributed by atoms with Crippen LogP contribution in [0.3, 0.4) is 0 Å². The highest BCUT2D eigenvalue weighted by atomic mass is 32.1. The molecule has 0 aromatic carbocycles. The van der Waals surface area contributed by atoms with Crippen molar-refractivity contribution >= 4 is 23.1 Å². The van der Waals surface area contributed by atoms with Crippen molar-refractivity contribution in [1.82, 2.24) is 9.80 Å². The topological polar surface area (TPSA) is 49.6 Å². The molecule has 96 valence electrons. The van der Waals surface area contributed by atoms with Crippen LogP contribution in [-0.4, -0.2) is 53.9 Å². The molecule has 4 nitrogen and oxygen atoms in total.